The van der Waals surface area contributed by atoms with Gasteiger partial charge in [0.05, 0.1) is 11.7 Å². The first kappa shape index (κ1) is 11.8. The summed E-state index contributed by atoms with van der Waals surface area (Å²) in [7, 11) is 0. The number of hydrogen-bond donors (Lipinski definition) is 1. The van der Waals surface area contributed by atoms with Crippen molar-refractivity contribution in [2.75, 3.05) is 0 Å². The van der Waals surface area contributed by atoms with Crippen LogP contribution in [0.3, 0.4) is 0 Å². The second-order valence-corrected chi connectivity index (χ2v) is 4.55. The predicted molar refractivity (Wildman–Crippen MR) is 70.9 cm³/mol. The van der Waals surface area contributed by atoms with Gasteiger partial charge in [-0.2, -0.15) is 0 Å². The Bertz CT molecular complexity index is 532. The summed E-state index contributed by atoms with van der Waals surface area (Å²) in [5.41, 5.74) is 11.9. The molecule has 88 valence electrons. The lowest BCUT2D eigenvalue weighted by atomic mass is 9.96. The van der Waals surface area contributed by atoms with Crippen LogP contribution in [0.15, 0.2) is 36.5 Å². The number of rotatable bonds is 2. The van der Waals surface area contributed by atoms with E-state index in [1.54, 1.807) is 0 Å². The van der Waals surface area contributed by atoms with E-state index in [4.69, 9.17) is 5.73 Å². The van der Waals surface area contributed by atoms with E-state index in [-0.39, 0.29) is 6.04 Å². The molecule has 0 fully saturated rings. The molecule has 1 aromatic carbocycles. The summed E-state index contributed by atoms with van der Waals surface area (Å²) in [6.07, 6.45) is 1.88. The summed E-state index contributed by atoms with van der Waals surface area (Å²) >= 11 is 0. The average molecular weight is 226 g/mol. The third-order valence-corrected chi connectivity index (χ3v) is 3.07. The van der Waals surface area contributed by atoms with Crippen molar-refractivity contribution in [1.29, 1.82) is 0 Å². The second kappa shape index (κ2) is 4.68. The molecule has 0 aliphatic rings. The Kier molecular flexibility index (Phi) is 3.25. The smallest absolute Gasteiger partial charge is 0.0731 e. The zero-order chi connectivity index (χ0) is 12.4. The monoisotopic (exact) mass is 226 g/mol. The molecule has 1 atom stereocenters. The molecule has 1 heterocycles. The summed E-state index contributed by atoms with van der Waals surface area (Å²) in [4.78, 5) is 4.47. The van der Waals surface area contributed by atoms with E-state index in [9.17, 15) is 0 Å². The van der Waals surface area contributed by atoms with Gasteiger partial charge in [-0.1, -0.05) is 30.3 Å². The summed E-state index contributed by atoms with van der Waals surface area (Å²) in [6.45, 7) is 6.19. The lowest BCUT2D eigenvalue weighted by molar-refractivity contribution is 0.809. The molecule has 2 rings (SSSR count). The van der Waals surface area contributed by atoms with E-state index in [1.807, 2.05) is 25.3 Å². The first-order valence-electron chi connectivity index (χ1n) is 5.84. The number of hydrogen-bond acceptors (Lipinski definition) is 2. The summed E-state index contributed by atoms with van der Waals surface area (Å²) < 4.78 is 0. The molecule has 0 spiro atoms. The van der Waals surface area contributed by atoms with E-state index in [0.29, 0.717) is 0 Å². The zero-order valence-corrected chi connectivity index (χ0v) is 10.6. The maximum atomic E-state index is 6.31. The molecule has 1 aromatic heterocycles. The van der Waals surface area contributed by atoms with Crippen LogP contribution in [0.25, 0.3) is 0 Å². The number of nitrogens with zero attached hydrogens (tertiary/aromatic N) is 1. The second-order valence-electron chi connectivity index (χ2n) is 4.55. The van der Waals surface area contributed by atoms with Gasteiger partial charge in [-0.3, -0.25) is 4.98 Å². The molecule has 0 amide bonds. The maximum Gasteiger partial charge on any atom is 0.0731 e. The van der Waals surface area contributed by atoms with Crippen LogP contribution in [-0.2, 0) is 0 Å². The quantitative estimate of drug-likeness (QED) is 0.854. The standard InChI is InChI=1S/C15H18N2/c1-10-8-12(3)15(17-9-10)14(16)13-7-5-4-6-11(13)2/h4-9,14H,16H2,1-3H3. The average Bonchev–Trinajstić information content (AvgIpc) is 2.29. The van der Waals surface area contributed by atoms with Gasteiger partial charge in [0.25, 0.3) is 0 Å². The van der Waals surface area contributed by atoms with Crippen LogP contribution in [0.1, 0.15) is 34.0 Å². The van der Waals surface area contributed by atoms with Gasteiger partial charge in [0.2, 0.25) is 0 Å². The first-order valence-corrected chi connectivity index (χ1v) is 5.84. The molecule has 2 N–H and O–H groups in total. The fourth-order valence-electron chi connectivity index (χ4n) is 2.13. The number of aryl methyl sites for hydroxylation is 3. The molecule has 2 heteroatoms. The normalized spacial score (nSPS) is 12.5. The molecule has 0 saturated heterocycles. The molecule has 0 radical (unpaired) electrons. The van der Waals surface area contributed by atoms with Crippen molar-refractivity contribution < 1.29 is 0 Å². The fourth-order valence-corrected chi connectivity index (χ4v) is 2.13. The van der Waals surface area contributed by atoms with Crippen LogP contribution in [0, 0.1) is 20.8 Å². The summed E-state index contributed by atoms with van der Waals surface area (Å²) in [5.74, 6) is 0. The molecule has 2 nitrogen and oxygen atoms in total. The maximum absolute atomic E-state index is 6.31. The zero-order valence-electron chi connectivity index (χ0n) is 10.6. The van der Waals surface area contributed by atoms with Crippen molar-refractivity contribution in [2.24, 2.45) is 5.73 Å². The van der Waals surface area contributed by atoms with Gasteiger partial charge in [-0.25, -0.2) is 0 Å². The lowest BCUT2D eigenvalue weighted by Gasteiger charge is -2.16. The highest BCUT2D eigenvalue weighted by molar-refractivity contribution is 5.37. The summed E-state index contributed by atoms with van der Waals surface area (Å²) in [5, 5.41) is 0. The van der Waals surface area contributed by atoms with Gasteiger partial charge in [0.1, 0.15) is 0 Å². The molecule has 2 aromatic rings. The van der Waals surface area contributed by atoms with Gasteiger partial charge in [0, 0.05) is 6.20 Å². The minimum absolute atomic E-state index is 0.142. The van der Waals surface area contributed by atoms with Crippen molar-refractivity contribution in [3.05, 3.63) is 64.5 Å². The highest BCUT2D eigenvalue weighted by Crippen LogP contribution is 2.23. The highest BCUT2D eigenvalue weighted by atomic mass is 14.8. The molecule has 0 saturated carbocycles. The Hall–Kier alpha value is -1.67. The Morgan fingerprint density at radius 3 is 2.41 bits per heavy atom. The number of benzene rings is 1. The summed E-state index contributed by atoms with van der Waals surface area (Å²) in [6, 6.07) is 10.2. The Morgan fingerprint density at radius 1 is 1.06 bits per heavy atom. The molecule has 0 bridgehead atoms. The number of aromatic nitrogens is 1. The van der Waals surface area contributed by atoms with Crippen LogP contribution in [0.5, 0.6) is 0 Å². The van der Waals surface area contributed by atoms with E-state index >= 15 is 0 Å². The Balaban J connectivity index is 2.44. The van der Waals surface area contributed by atoms with Crippen molar-refractivity contribution in [2.45, 2.75) is 26.8 Å². The molecular formula is C15H18N2. The fraction of sp³-hybridized carbons (Fsp3) is 0.267. The third-order valence-electron chi connectivity index (χ3n) is 3.07. The van der Waals surface area contributed by atoms with E-state index in [0.717, 1.165) is 16.8 Å². The topological polar surface area (TPSA) is 38.9 Å². The van der Waals surface area contributed by atoms with Crippen LogP contribution < -0.4 is 5.73 Å². The van der Waals surface area contributed by atoms with Gasteiger partial charge in [0.15, 0.2) is 0 Å². The highest BCUT2D eigenvalue weighted by Gasteiger charge is 2.14. The van der Waals surface area contributed by atoms with E-state index in [1.165, 1.54) is 11.1 Å². The number of pyridine rings is 1. The largest absolute Gasteiger partial charge is 0.319 e. The SMILES string of the molecule is Cc1cnc(C(N)c2ccccc2C)c(C)c1. The number of nitrogens with two attached hydrogens (primary N) is 1. The van der Waals surface area contributed by atoms with Crippen molar-refractivity contribution in [3.63, 3.8) is 0 Å². The Labute approximate surface area is 103 Å². The van der Waals surface area contributed by atoms with Crippen LogP contribution >= 0.6 is 0 Å². The van der Waals surface area contributed by atoms with Gasteiger partial charge in [-0.15, -0.1) is 0 Å². The van der Waals surface area contributed by atoms with Gasteiger partial charge in [-0.05, 0) is 43.0 Å². The van der Waals surface area contributed by atoms with Crippen molar-refractivity contribution >= 4 is 0 Å². The molecule has 0 aliphatic heterocycles. The van der Waals surface area contributed by atoms with E-state index < -0.39 is 0 Å². The molecule has 0 aliphatic carbocycles. The Morgan fingerprint density at radius 2 is 1.76 bits per heavy atom. The predicted octanol–water partition coefficient (Wildman–Crippen LogP) is 3.05. The minimum Gasteiger partial charge on any atom is -0.319 e. The third kappa shape index (κ3) is 2.37. The van der Waals surface area contributed by atoms with Gasteiger partial charge >= 0.3 is 0 Å². The van der Waals surface area contributed by atoms with Crippen LogP contribution in [-0.4, -0.2) is 4.98 Å². The molecular weight excluding hydrogens is 208 g/mol. The lowest BCUT2D eigenvalue weighted by Crippen LogP contribution is -2.16. The van der Waals surface area contributed by atoms with Gasteiger partial charge < -0.3 is 5.73 Å². The van der Waals surface area contributed by atoms with Crippen LogP contribution in [0.4, 0.5) is 0 Å². The minimum atomic E-state index is -0.142. The molecule has 17 heavy (non-hydrogen) atoms. The van der Waals surface area contributed by atoms with Crippen molar-refractivity contribution in [3.8, 4) is 0 Å². The van der Waals surface area contributed by atoms with E-state index in [2.05, 4.69) is 37.0 Å². The van der Waals surface area contributed by atoms with Crippen molar-refractivity contribution in [1.82, 2.24) is 4.98 Å². The molecule has 1 unspecified atom stereocenters. The first-order chi connectivity index (χ1) is 8.09. The van der Waals surface area contributed by atoms with Crippen LogP contribution in [0.2, 0.25) is 0 Å².